The van der Waals surface area contributed by atoms with Gasteiger partial charge in [-0.25, -0.2) is 9.37 Å². The maximum absolute atomic E-state index is 13.4. The molecule has 0 spiro atoms. The molecule has 4 nitrogen and oxygen atoms in total. The van der Waals surface area contributed by atoms with E-state index in [0.29, 0.717) is 10.2 Å². The number of fused-ring (bicyclic) bond motifs is 1. The number of H-pyrrole nitrogens is 1. The van der Waals surface area contributed by atoms with E-state index >= 15 is 0 Å². The molecule has 0 aliphatic heterocycles. The van der Waals surface area contributed by atoms with Gasteiger partial charge in [0, 0.05) is 4.88 Å². The largest absolute Gasteiger partial charge is 0.494 e. The first-order valence-corrected chi connectivity index (χ1v) is 6.32. The second-order valence-electron chi connectivity index (χ2n) is 3.91. The number of nitrogens with one attached hydrogen (secondary N) is 1. The van der Waals surface area contributed by atoms with Gasteiger partial charge in [-0.05, 0) is 23.8 Å². The fourth-order valence-corrected chi connectivity index (χ4v) is 2.82. The van der Waals surface area contributed by atoms with Crippen molar-refractivity contribution >= 4 is 21.6 Å². The van der Waals surface area contributed by atoms with Gasteiger partial charge in [-0.2, -0.15) is 0 Å². The average Bonchev–Trinajstić information content (AvgIpc) is 2.85. The lowest BCUT2D eigenvalue weighted by Crippen LogP contribution is -2.02. The third-order valence-electron chi connectivity index (χ3n) is 2.75. The molecule has 96 valence electrons. The van der Waals surface area contributed by atoms with E-state index in [1.54, 1.807) is 12.1 Å². The molecule has 1 N–H and O–H groups in total. The van der Waals surface area contributed by atoms with Crippen molar-refractivity contribution in [2.45, 2.75) is 0 Å². The molecule has 0 aliphatic rings. The Morgan fingerprint density at radius 3 is 2.95 bits per heavy atom. The number of hydrogen-bond acceptors (Lipinski definition) is 4. The zero-order valence-electron chi connectivity index (χ0n) is 9.94. The minimum absolute atomic E-state index is 0.171. The fourth-order valence-electron chi connectivity index (χ4n) is 1.82. The van der Waals surface area contributed by atoms with Gasteiger partial charge in [0.15, 0.2) is 11.6 Å². The van der Waals surface area contributed by atoms with Crippen molar-refractivity contribution < 1.29 is 9.13 Å². The lowest BCUT2D eigenvalue weighted by atomic mass is 10.1. The number of thiophene rings is 1. The van der Waals surface area contributed by atoms with Gasteiger partial charge in [0.05, 0.1) is 19.0 Å². The molecule has 3 aromatic rings. The van der Waals surface area contributed by atoms with Crippen LogP contribution in [0.1, 0.15) is 0 Å². The van der Waals surface area contributed by atoms with Crippen LogP contribution in [0.4, 0.5) is 4.39 Å². The standard InChI is InChI=1S/C13H9FN2O2S/c1-18-10-4-7(2-3-8(10)14)11-5-9-12(19-11)13(17)16-6-15-9/h2-6H,1H3,(H,15,16,17). The van der Waals surface area contributed by atoms with Gasteiger partial charge in [0.1, 0.15) is 4.70 Å². The number of rotatable bonds is 2. The molecule has 0 bridgehead atoms. The summed E-state index contributed by atoms with van der Waals surface area (Å²) < 4.78 is 18.9. The van der Waals surface area contributed by atoms with Crippen molar-refractivity contribution in [2.24, 2.45) is 0 Å². The number of benzene rings is 1. The highest BCUT2D eigenvalue weighted by atomic mass is 32.1. The van der Waals surface area contributed by atoms with Crippen molar-refractivity contribution in [1.29, 1.82) is 0 Å². The second kappa shape index (κ2) is 4.47. The van der Waals surface area contributed by atoms with E-state index in [1.165, 1.54) is 30.8 Å². The molecule has 2 aromatic heterocycles. The van der Waals surface area contributed by atoms with E-state index in [4.69, 9.17) is 4.74 Å². The van der Waals surface area contributed by atoms with Crippen LogP contribution in [0, 0.1) is 5.82 Å². The van der Waals surface area contributed by atoms with E-state index in [1.807, 2.05) is 6.07 Å². The van der Waals surface area contributed by atoms with Crippen LogP contribution in [0.2, 0.25) is 0 Å². The number of halogens is 1. The van der Waals surface area contributed by atoms with Crippen molar-refractivity contribution in [1.82, 2.24) is 9.97 Å². The number of nitrogens with zero attached hydrogens (tertiary/aromatic N) is 1. The van der Waals surface area contributed by atoms with E-state index in [0.717, 1.165) is 10.4 Å². The molecule has 2 heterocycles. The molecule has 0 atom stereocenters. The molecule has 0 unspecified atom stereocenters. The second-order valence-corrected chi connectivity index (χ2v) is 4.96. The smallest absolute Gasteiger partial charge is 0.268 e. The molecular weight excluding hydrogens is 267 g/mol. The molecule has 6 heteroatoms. The number of ether oxygens (including phenoxy) is 1. The van der Waals surface area contributed by atoms with Crippen molar-refractivity contribution in [2.75, 3.05) is 7.11 Å². The van der Waals surface area contributed by atoms with Crippen LogP contribution in [-0.4, -0.2) is 17.1 Å². The predicted molar refractivity (Wildman–Crippen MR) is 72.2 cm³/mol. The number of methoxy groups -OCH3 is 1. The minimum Gasteiger partial charge on any atom is -0.494 e. The first kappa shape index (κ1) is 11.9. The molecular formula is C13H9FN2O2S. The van der Waals surface area contributed by atoms with Crippen LogP contribution in [0.15, 0.2) is 35.4 Å². The summed E-state index contributed by atoms with van der Waals surface area (Å²) in [4.78, 5) is 19.1. The molecule has 0 amide bonds. The maximum Gasteiger partial charge on any atom is 0.268 e. The molecule has 0 radical (unpaired) electrons. The van der Waals surface area contributed by atoms with Gasteiger partial charge in [0.25, 0.3) is 5.56 Å². The Morgan fingerprint density at radius 2 is 2.21 bits per heavy atom. The minimum atomic E-state index is -0.414. The number of aromatic nitrogens is 2. The summed E-state index contributed by atoms with van der Waals surface area (Å²) in [5, 5.41) is 0. The molecule has 1 aromatic carbocycles. The molecule has 19 heavy (non-hydrogen) atoms. The molecule has 0 saturated heterocycles. The van der Waals surface area contributed by atoms with Gasteiger partial charge < -0.3 is 9.72 Å². The Hall–Kier alpha value is -2.21. The highest BCUT2D eigenvalue weighted by molar-refractivity contribution is 7.22. The van der Waals surface area contributed by atoms with Crippen molar-refractivity contribution in [3.63, 3.8) is 0 Å². The highest BCUT2D eigenvalue weighted by Gasteiger charge is 2.10. The molecule has 0 fully saturated rings. The summed E-state index contributed by atoms with van der Waals surface area (Å²) in [6.07, 6.45) is 1.37. The summed E-state index contributed by atoms with van der Waals surface area (Å²) >= 11 is 1.32. The predicted octanol–water partition coefficient (Wildman–Crippen LogP) is 2.80. The van der Waals surface area contributed by atoms with Crippen LogP contribution in [0.5, 0.6) is 5.75 Å². The number of hydrogen-bond donors (Lipinski definition) is 1. The van der Waals surface area contributed by atoms with E-state index in [2.05, 4.69) is 9.97 Å². The van der Waals surface area contributed by atoms with E-state index in [-0.39, 0.29) is 11.3 Å². The van der Waals surface area contributed by atoms with Gasteiger partial charge in [-0.15, -0.1) is 11.3 Å². The zero-order valence-corrected chi connectivity index (χ0v) is 10.8. The van der Waals surface area contributed by atoms with Crippen LogP contribution in [0.25, 0.3) is 20.7 Å². The summed E-state index contributed by atoms with van der Waals surface area (Å²) in [6, 6.07) is 6.41. The van der Waals surface area contributed by atoms with Crippen LogP contribution in [-0.2, 0) is 0 Å². The molecule has 0 saturated carbocycles. The van der Waals surface area contributed by atoms with Crippen molar-refractivity contribution in [3.8, 4) is 16.2 Å². The lowest BCUT2D eigenvalue weighted by Gasteiger charge is -2.03. The van der Waals surface area contributed by atoms with Crippen molar-refractivity contribution in [3.05, 3.63) is 46.8 Å². The fraction of sp³-hybridized carbons (Fsp3) is 0.0769. The maximum atomic E-state index is 13.4. The Balaban J connectivity index is 2.19. The van der Waals surface area contributed by atoms with Gasteiger partial charge in [0.2, 0.25) is 0 Å². The highest BCUT2D eigenvalue weighted by Crippen LogP contribution is 2.33. The van der Waals surface area contributed by atoms with Gasteiger partial charge in [-0.1, -0.05) is 6.07 Å². The third-order valence-corrected chi connectivity index (χ3v) is 3.93. The first-order valence-electron chi connectivity index (χ1n) is 5.50. The summed E-state index contributed by atoms with van der Waals surface area (Å²) in [7, 11) is 1.42. The van der Waals surface area contributed by atoms with Crippen LogP contribution >= 0.6 is 11.3 Å². The van der Waals surface area contributed by atoms with Gasteiger partial charge in [-0.3, -0.25) is 4.79 Å². The Bertz CT molecular complexity index is 810. The van der Waals surface area contributed by atoms with E-state index in [9.17, 15) is 9.18 Å². The van der Waals surface area contributed by atoms with Crippen LogP contribution in [0.3, 0.4) is 0 Å². The normalized spacial score (nSPS) is 10.8. The number of aromatic amines is 1. The summed E-state index contributed by atoms with van der Waals surface area (Å²) in [6.45, 7) is 0. The Morgan fingerprint density at radius 1 is 1.37 bits per heavy atom. The topological polar surface area (TPSA) is 55.0 Å². The van der Waals surface area contributed by atoms with E-state index < -0.39 is 5.82 Å². The summed E-state index contributed by atoms with van der Waals surface area (Å²) in [5.74, 6) is -0.236. The molecule has 3 rings (SSSR count). The van der Waals surface area contributed by atoms with Gasteiger partial charge >= 0.3 is 0 Å². The average molecular weight is 276 g/mol. The third kappa shape index (κ3) is 2.00. The Kier molecular flexibility index (Phi) is 2.79. The Labute approximate surface area is 111 Å². The first-order chi connectivity index (χ1) is 9.19. The monoisotopic (exact) mass is 276 g/mol. The zero-order chi connectivity index (χ0) is 13.4. The SMILES string of the molecule is COc1cc(-c2cc3nc[nH]c(=O)c3s2)ccc1F. The quantitative estimate of drug-likeness (QED) is 0.783. The summed E-state index contributed by atoms with van der Waals surface area (Å²) in [5.41, 5.74) is 1.25. The van der Waals surface area contributed by atoms with Crippen LogP contribution < -0.4 is 10.3 Å². The molecule has 0 aliphatic carbocycles. The lowest BCUT2D eigenvalue weighted by molar-refractivity contribution is 0.387.